The SMILES string of the molecule is CC(C)(C)c1cc(C(=O)c2cccs2)cc(CN(C2CCCCC2)C2CCCCC2)c1O. The molecule has 0 amide bonds. The molecule has 0 bridgehead atoms. The van der Waals surface area contributed by atoms with Crippen molar-refractivity contribution >= 4 is 17.1 Å². The average Bonchev–Trinajstić information content (AvgIpc) is 3.33. The molecule has 0 spiro atoms. The Bertz CT molecular complexity index is 882. The van der Waals surface area contributed by atoms with Gasteiger partial charge in [0, 0.05) is 35.3 Å². The Morgan fingerprint density at radius 1 is 1.00 bits per heavy atom. The molecule has 2 aromatic rings. The van der Waals surface area contributed by atoms with Gasteiger partial charge in [0.25, 0.3) is 0 Å². The summed E-state index contributed by atoms with van der Waals surface area (Å²) >= 11 is 1.49. The Kier molecular flexibility index (Phi) is 7.41. The highest BCUT2D eigenvalue weighted by Gasteiger charge is 2.31. The molecule has 4 heteroatoms. The van der Waals surface area contributed by atoms with E-state index in [1.165, 1.54) is 75.5 Å². The molecule has 1 N–H and O–H groups in total. The van der Waals surface area contributed by atoms with E-state index in [1.807, 2.05) is 29.6 Å². The number of phenols is 1. The monoisotopic (exact) mass is 453 g/mol. The van der Waals surface area contributed by atoms with Gasteiger partial charge in [0.05, 0.1) is 4.88 Å². The first-order valence-corrected chi connectivity index (χ1v) is 13.4. The van der Waals surface area contributed by atoms with Crippen LogP contribution < -0.4 is 0 Å². The van der Waals surface area contributed by atoms with Crippen molar-refractivity contribution in [2.24, 2.45) is 0 Å². The molecule has 0 radical (unpaired) electrons. The molecule has 1 aromatic carbocycles. The highest BCUT2D eigenvalue weighted by atomic mass is 32.1. The molecule has 3 nitrogen and oxygen atoms in total. The number of carbonyl (C=O) groups is 1. The lowest BCUT2D eigenvalue weighted by molar-refractivity contribution is 0.0722. The van der Waals surface area contributed by atoms with E-state index in [1.54, 1.807) is 0 Å². The van der Waals surface area contributed by atoms with Crippen LogP contribution in [0.1, 0.15) is 111 Å². The highest BCUT2D eigenvalue weighted by molar-refractivity contribution is 7.12. The number of benzene rings is 1. The van der Waals surface area contributed by atoms with E-state index in [9.17, 15) is 9.90 Å². The molecule has 4 rings (SSSR count). The molecule has 2 fully saturated rings. The fourth-order valence-electron chi connectivity index (χ4n) is 5.65. The molecule has 0 atom stereocenters. The van der Waals surface area contributed by atoms with Gasteiger partial charge in [0.15, 0.2) is 0 Å². The zero-order valence-corrected chi connectivity index (χ0v) is 20.8. The third-order valence-corrected chi connectivity index (χ3v) is 8.31. The molecule has 0 aliphatic heterocycles. The van der Waals surface area contributed by atoms with E-state index >= 15 is 0 Å². The van der Waals surface area contributed by atoms with Gasteiger partial charge in [-0.3, -0.25) is 9.69 Å². The van der Waals surface area contributed by atoms with Gasteiger partial charge in [-0.1, -0.05) is 65.4 Å². The number of aromatic hydroxyl groups is 1. The van der Waals surface area contributed by atoms with Crippen LogP contribution in [-0.2, 0) is 12.0 Å². The van der Waals surface area contributed by atoms with Gasteiger partial charge in [-0.05, 0) is 54.7 Å². The maximum absolute atomic E-state index is 13.3. The van der Waals surface area contributed by atoms with Crippen LogP contribution in [0.15, 0.2) is 29.6 Å². The Labute approximate surface area is 197 Å². The van der Waals surface area contributed by atoms with Gasteiger partial charge < -0.3 is 5.11 Å². The van der Waals surface area contributed by atoms with E-state index in [0.717, 1.165) is 22.5 Å². The zero-order valence-electron chi connectivity index (χ0n) is 20.0. The lowest BCUT2D eigenvalue weighted by atomic mass is 9.83. The van der Waals surface area contributed by atoms with Crippen LogP contribution in [0.3, 0.4) is 0 Å². The molecule has 2 saturated carbocycles. The minimum Gasteiger partial charge on any atom is -0.507 e. The first-order valence-electron chi connectivity index (χ1n) is 12.5. The average molecular weight is 454 g/mol. The van der Waals surface area contributed by atoms with Gasteiger partial charge in [-0.2, -0.15) is 0 Å². The van der Waals surface area contributed by atoms with Crippen LogP contribution in [0.2, 0.25) is 0 Å². The summed E-state index contributed by atoms with van der Waals surface area (Å²) in [6.45, 7) is 7.09. The normalized spacial score (nSPS) is 18.9. The number of hydrogen-bond acceptors (Lipinski definition) is 4. The van der Waals surface area contributed by atoms with Crippen molar-refractivity contribution in [3.05, 3.63) is 51.2 Å². The summed E-state index contributed by atoms with van der Waals surface area (Å²) in [6, 6.07) is 8.92. The van der Waals surface area contributed by atoms with Crippen molar-refractivity contribution in [1.29, 1.82) is 0 Å². The molecule has 2 aliphatic carbocycles. The van der Waals surface area contributed by atoms with Crippen LogP contribution in [0.25, 0.3) is 0 Å². The lowest BCUT2D eigenvalue weighted by Gasteiger charge is -2.42. The molecule has 1 heterocycles. The number of phenolic OH excluding ortho intramolecular Hbond substituents is 1. The van der Waals surface area contributed by atoms with Crippen molar-refractivity contribution < 1.29 is 9.90 Å². The number of ketones is 1. The Hall–Kier alpha value is -1.65. The molecule has 0 unspecified atom stereocenters. The van der Waals surface area contributed by atoms with Crippen molar-refractivity contribution in [1.82, 2.24) is 4.90 Å². The van der Waals surface area contributed by atoms with Gasteiger partial charge >= 0.3 is 0 Å². The van der Waals surface area contributed by atoms with Crippen LogP contribution in [-0.4, -0.2) is 27.9 Å². The van der Waals surface area contributed by atoms with Gasteiger partial charge in [-0.25, -0.2) is 0 Å². The lowest BCUT2D eigenvalue weighted by Crippen LogP contribution is -2.44. The van der Waals surface area contributed by atoms with Crippen molar-refractivity contribution in [2.45, 2.75) is 109 Å². The Morgan fingerprint density at radius 2 is 1.59 bits per heavy atom. The van der Waals surface area contributed by atoms with Gasteiger partial charge in [0.2, 0.25) is 5.78 Å². The number of carbonyl (C=O) groups excluding carboxylic acids is 1. The fraction of sp³-hybridized carbons (Fsp3) is 0.607. The predicted octanol–water partition coefficient (Wildman–Crippen LogP) is 7.45. The van der Waals surface area contributed by atoms with E-state index in [2.05, 4.69) is 25.7 Å². The Morgan fingerprint density at radius 3 is 2.09 bits per heavy atom. The molecule has 32 heavy (non-hydrogen) atoms. The number of nitrogens with zero attached hydrogens (tertiary/aromatic N) is 1. The summed E-state index contributed by atoms with van der Waals surface area (Å²) in [6.07, 6.45) is 13.0. The topological polar surface area (TPSA) is 40.5 Å². The van der Waals surface area contributed by atoms with E-state index in [0.29, 0.717) is 23.4 Å². The smallest absolute Gasteiger partial charge is 0.202 e. The first-order chi connectivity index (χ1) is 15.3. The molecular weight excluding hydrogens is 414 g/mol. The second-order valence-corrected chi connectivity index (χ2v) is 11.8. The van der Waals surface area contributed by atoms with Crippen LogP contribution in [0.5, 0.6) is 5.75 Å². The standard InChI is InChI=1S/C28H39NO2S/c1-28(2,3)24-18-20(27(31)25-15-10-16-32-25)17-21(26(24)30)19-29(22-11-6-4-7-12-22)23-13-8-5-9-14-23/h10,15-18,22-23,30H,4-9,11-14,19H2,1-3H3. The van der Waals surface area contributed by atoms with Crippen LogP contribution >= 0.6 is 11.3 Å². The molecule has 1 aromatic heterocycles. The highest BCUT2D eigenvalue weighted by Crippen LogP contribution is 2.38. The molecule has 174 valence electrons. The summed E-state index contributed by atoms with van der Waals surface area (Å²) in [7, 11) is 0. The zero-order chi connectivity index (χ0) is 22.7. The summed E-state index contributed by atoms with van der Waals surface area (Å²) in [5, 5.41) is 13.3. The van der Waals surface area contributed by atoms with Crippen LogP contribution in [0.4, 0.5) is 0 Å². The predicted molar refractivity (Wildman–Crippen MR) is 134 cm³/mol. The maximum atomic E-state index is 13.3. The second kappa shape index (κ2) is 10.1. The van der Waals surface area contributed by atoms with Crippen molar-refractivity contribution in [2.75, 3.05) is 0 Å². The quantitative estimate of drug-likeness (QED) is 0.462. The maximum Gasteiger partial charge on any atom is 0.202 e. The molecular formula is C28H39NO2S. The van der Waals surface area contributed by atoms with Crippen molar-refractivity contribution in [3.8, 4) is 5.75 Å². The van der Waals surface area contributed by atoms with E-state index in [-0.39, 0.29) is 11.2 Å². The van der Waals surface area contributed by atoms with E-state index in [4.69, 9.17) is 0 Å². The summed E-state index contributed by atoms with van der Waals surface area (Å²) < 4.78 is 0. The third-order valence-electron chi connectivity index (χ3n) is 7.44. The summed E-state index contributed by atoms with van der Waals surface area (Å²) in [4.78, 5) is 16.7. The van der Waals surface area contributed by atoms with Gasteiger partial charge in [-0.15, -0.1) is 11.3 Å². The van der Waals surface area contributed by atoms with Gasteiger partial charge in [0.1, 0.15) is 5.75 Å². The second-order valence-electron chi connectivity index (χ2n) is 10.8. The number of rotatable bonds is 6. The van der Waals surface area contributed by atoms with Crippen LogP contribution in [0, 0.1) is 0 Å². The molecule has 2 aliphatic rings. The summed E-state index contributed by atoms with van der Waals surface area (Å²) in [5.74, 6) is 0.450. The number of hydrogen-bond donors (Lipinski definition) is 1. The van der Waals surface area contributed by atoms with Crippen molar-refractivity contribution in [3.63, 3.8) is 0 Å². The minimum atomic E-state index is -0.231. The number of thiophene rings is 1. The first kappa shape index (κ1) is 23.5. The summed E-state index contributed by atoms with van der Waals surface area (Å²) in [5.41, 5.74) is 2.28. The largest absolute Gasteiger partial charge is 0.507 e. The molecule has 0 saturated heterocycles. The third kappa shape index (κ3) is 5.28. The fourth-order valence-corrected chi connectivity index (χ4v) is 6.33. The minimum absolute atomic E-state index is 0.0635. The van der Waals surface area contributed by atoms with E-state index < -0.39 is 0 Å². The Balaban J connectivity index is 1.72.